The van der Waals surface area contributed by atoms with E-state index in [0.29, 0.717) is 42.6 Å². The molecule has 3 aromatic rings. The molecule has 0 N–H and O–H groups in total. The number of halogens is 2. The summed E-state index contributed by atoms with van der Waals surface area (Å²) in [5, 5.41) is 0. The molecule has 2 amide bonds. The number of aryl methyl sites for hydroxylation is 2. The Morgan fingerprint density at radius 1 is 1.03 bits per heavy atom. The van der Waals surface area contributed by atoms with Crippen molar-refractivity contribution in [2.45, 2.75) is 39.2 Å². The minimum atomic E-state index is -0.634. The number of likely N-dealkylation sites (N-methyl/N-ethyl adjacent to an activating group) is 1. The number of nitrogens with zero attached hydrogens (tertiary/aromatic N) is 3. The molecule has 0 bridgehead atoms. The number of piperidine rings is 1. The number of carbonyl (C=O) groups is 2. The van der Waals surface area contributed by atoms with Gasteiger partial charge in [0.1, 0.15) is 11.6 Å². The van der Waals surface area contributed by atoms with Crippen LogP contribution in [0.3, 0.4) is 0 Å². The Morgan fingerprint density at radius 2 is 1.78 bits per heavy atom. The summed E-state index contributed by atoms with van der Waals surface area (Å²) < 4.78 is 28.1. The maximum atomic E-state index is 14.6. The van der Waals surface area contributed by atoms with Gasteiger partial charge in [-0.15, -0.1) is 0 Å². The Bertz CT molecular complexity index is 1240. The lowest BCUT2D eigenvalue weighted by Crippen LogP contribution is -2.48. The second-order valence-corrected chi connectivity index (χ2v) is 9.59. The van der Waals surface area contributed by atoms with Crippen LogP contribution in [0.25, 0.3) is 0 Å². The largest absolute Gasteiger partial charge is 0.339 e. The van der Waals surface area contributed by atoms with E-state index in [-0.39, 0.29) is 30.2 Å². The summed E-state index contributed by atoms with van der Waals surface area (Å²) >= 11 is 0. The predicted molar refractivity (Wildman–Crippen MR) is 135 cm³/mol. The second kappa shape index (κ2) is 11.0. The summed E-state index contributed by atoms with van der Waals surface area (Å²) in [6, 6.07) is 12.4. The van der Waals surface area contributed by atoms with Gasteiger partial charge in [-0.3, -0.25) is 14.6 Å². The van der Waals surface area contributed by atoms with Crippen molar-refractivity contribution in [3.63, 3.8) is 0 Å². The standard InChI is InChI=1S/C29H31F2N3O2/c1-19-6-7-23(15-20(19)2)29(36)34-13-10-21(11-14-34)27(16-22-8-9-25(30)17-26(22)31)33(3)28(35)24-5-4-12-32-18-24/h4-9,12,15,17-18,21,27H,10-11,13-14,16H2,1-3H3/t27-/m1/s1. The first-order chi connectivity index (χ1) is 17.2. The Labute approximate surface area is 210 Å². The van der Waals surface area contributed by atoms with Crippen molar-refractivity contribution in [3.05, 3.63) is 100 Å². The highest BCUT2D eigenvalue weighted by atomic mass is 19.1. The number of amides is 2. The van der Waals surface area contributed by atoms with Crippen LogP contribution >= 0.6 is 0 Å². The molecule has 1 fully saturated rings. The third-order valence-corrected chi connectivity index (χ3v) is 7.30. The van der Waals surface area contributed by atoms with Crippen LogP contribution in [0.15, 0.2) is 60.9 Å². The average Bonchev–Trinajstić information content (AvgIpc) is 2.89. The van der Waals surface area contributed by atoms with Gasteiger partial charge in [0.25, 0.3) is 11.8 Å². The van der Waals surface area contributed by atoms with Gasteiger partial charge in [-0.25, -0.2) is 8.78 Å². The van der Waals surface area contributed by atoms with Gasteiger partial charge in [0.15, 0.2) is 0 Å². The molecule has 0 radical (unpaired) electrons. The van der Waals surface area contributed by atoms with E-state index >= 15 is 0 Å². The van der Waals surface area contributed by atoms with Gasteiger partial charge in [-0.05, 0) is 86.1 Å². The van der Waals surface area contributed by atoms with Crippen molar-refractivity contribution in [1.82, 2.24) is 14.8 Å². The minimum Gasteiger partial charge on any atom is -0.339 e. The van der Waals surface area contributed by atoms with E-state index in [0.717, 1.165) is 17.2 Å². The highest BCUT2D eigenvalue weighted by Crippen LogP contribution is 2.29. The molecule has 5 nitrogen and oxygen atoms in total. The van der Waals surface area contributed by atoms with Crippen molar-refractivity contribution < 1.29 is 18.4 Å². The van der Waals surface area contributed by atoms with Gasteiger partial charge < -0.3 is 9.80 Å². The lowest BCUT2D eigenvalue weighted by atomic mass is 9.84. The monoisotopic (exact) mass is 491 g/mol. The van der Waals surface area contributed by atoms with Crippen molar-refractivity contribution in [1.29, 1.82) is 0 Å². The zero-order chi connectivity index (χ0) is 25.8. The Morgan fingerprint density at radius 3 is 2.42 bits per heavy atom. The number of hydrogen-bond acceptors (Lipinski definition) is 3. The molecule has 1 aromatic heterocycles. The third kappa shape index (κ3) is 5.61. The molecule has 188 valence electrons. The summed E-state index contributed by atoms with van der Waals surface area (Å²) in [6.45, 7) is 5.11. The van der Waals surface area contributed by atoms with Crippen molar-refractivity contribution in [2.75, 3.05) is 20.1 Å². The van der Waals surface area contributed by atoms with E-state index in [2.05, 4.69) is 4.98 Å². The molecular formula is C29H31F2N3O2. The maximum absolute atomic E-state index is 14.6. The normalized spacial score (nSPS) is 15.0. The van der Waals surface area contributed by atoms with Crippen LogP contribution in [0.5, 0.6) is 0 Å². The van der Waals surface area contributed by atoms with Crippen LogP contribution in [0.1, 0.15) is 50.2 Å². The van der Waals surface area contributed by atoms with E-state index in [1.54, 1.807) is 30.3 Å². The van der Waals surface area contributed by atoms with E-state index < -0.39 is 11.6 Å². The van der Waals surface area contributed by atoms with Gasteiger partial charge in [0.2, 0.25) is 0 Å². The maximum Gasteiger partial charge on any atom is 0.255 e. The summed E-state index contributed by atoms with van der Waals surface area (Å²) in [7, 11) is 1.72. The number of pyridine rings is 1. The van der Waals surface area contributed by atoms with Crippen molar-refractivity contribution in [2.24, 2.45) is 5.92 Å². The molecule has 7 heteroatoms. The predicted octanol–water partition coefficient (Wildman–Crippen LogP) is 5.21. The lowest BCUT2D eigenvalue weighted by molar-refractivity contribution is 0.0521. The van der Waals surface area contributed by atoms with Gasteiger partial charge >= 0.3 is 0 Å². The molecule has 0 saturated carbocycles. The fourth-order valence-electron chi connectivity index (χ4n) is 4.92. The average molecular weight is 492 g/mol. The quantitative estimate of drug-likeness (QED) is 0.476. The van der Waals surface area contributed by atoms with E-state index in [1.807, 2.05) is 36.9 Å². The SMILES string of the molecule is Cc1ccc(C(=O)N2CCC([C@@H](Cc3ccc(F)cc3F)N(C)C(=O)c3cccnc3)CC2)cc1C. The number of aromatic nitrogens is 1. The second-order valence-electron chi connectivity index (χ2n) is 9.59. The van der Waals surface area contributed by atoms with Gasteiger partial charge in [-0.2, -0.15) is 0 Å². The molecule has 2 heterocycles. The third-order valence-electron chi connectivity index (χ3n) is 7.30. The van der Waals surface area contributed by atoms with Gasteiger partial charge in [-0.1, -0.05) is 12.1 Å². The number of benzene rings is 2. The Hall–Kier alpha value is -3.61. The van der Waals surface area contributed by atoms with Crippen LogP contribution in [-0.4, -0.2) is 52.8 Å². The Kier molecular flexibility index (Phi) is 7.77. The molecule has 2 aromatic carbocycles. The lowest BCUT2D eigenvalue weighted by Gasteiger charge is -2.40. The molecule has 1 atom stereocenters. The number of hydrogen-bond donors (Lipinski definition) is 0. The first kappa shape index (κ1) is 25.5. The first-order valence-electron chi connectivity index (χ1n) is 12.2. The van der Waals surface area contributed by atoms with Crippen LogP contribution in [0, 0.1) is 31.4 Å². The van der Waals surface area contributed by atoms with Gasteiger partial charge in [0.05, 0.1) is 5.56 Å². The topological polar surface area (TPSA) is 53.5 Å². The fraction of sp³-hybridized carbons (Fsp3) is 0.345. The Balaban J connectivity index is 1.53. The number of rotatable bonds is 6. The highest BCUT2D eigenvalue weighted by Gasteiger charge is 2.34. The van der Waals surface area contributed by atoms with Crippen molar-refractivity contribution in [3.8, 4) is 0 Å². The molecule has 0 unspecified atom stereocenters. The molecular weight excluding hydrogens is 460 g/mol. The first-order valence-corrected chi connectivity index (χ1v) is 12.2. The van der Waals surface area contributed by atoms with Crippen LogP contribution < -0.4 is 0 Å². The van der Waals surface area contributed by atoms with E-state index in [9.17, 15) is 18.4 Å². The molecule has 1 saturated heterocycles. The zero-order valence-corrected chi connectivity index (χ0v) is 20.9. The van der Waals surface area contributed by atoms with E-state index in [1.165, 1.54) is 18.3 Å². The summed E-state index contributed by atoms with van der Waals surface area (Å²) in [5.74, 6) is -1.42. The zero-order valence-electron chi connectivity index (χ0n) is 20.9. The highest BCUT2D eigenvalue weighted by molar-refractivity contribution is 5.95. The summed E-state index contributed by atoms with van der Waals surface area (Å²) in [4.78, 5) is 33.9. The summed E-state index contributed by atoms with van der Waals surface area (Å²) in [5.41, 5.74) is 3.70. The molecule has 4 rings (SSSR count). The molecule has 1 aliphatic heterocycles. The fourth-order valence-corrected chi connectivity index (χ4v) is 4.92. The molecule has 1 aliphatic rings. The van der Waals surface area contributed by atoms with Crippen LogP contribution in [-0.2, 0) is 6.42 Å². The molecule has 0 spiro atoms. The smallest absolute Gasteiger partial charge is 0.255 e. The molecule has 0 aliphatic carbocycles. The summed E-state index contributed by atoms with van der Waals surface area (Å²) in [6.07, 6.45) is 4.72. The van der Waals surface area contributed by atoms with Crippen LogP contribution in [0.2, 0.25) is 0 Å². The van der Waals surface area contributed by atoms with E-state index in [4.69, 9.17) is 0 Å². The number of likely N-dealkylation sites (tertiary alicyclic amines) is 1. The van der Waals surface area contributed by atoms with Crippen molar-refractivity contribution >= 4 is 11.8 Å². The number of carbonyl (C=O) groups excluding carboxylic acids is 2. The van der Waals surface area contributed by atoms with Crippen LogP contribution in [0.4, 0.5) is 8.78 Å². The minimum absolute atomic E-state index is 0.00234. The van der Waals surface area contributed by atoms with Gasteiger partial charge in [0, 0.05) is 50.2 Å². The molecule has 36 heavy (non-hydrogen) atoms.